The van der Waals surface area contributed by atoms with E-state index in [2.05, 4.69) is 82.8 Å². The van der Waals surface area contributed by atoms with Gasteiger partial charge in [-0.3, -0.25) is 0 Å². The van der Waals surface area contributed by atoms with Gasteiger partial charge in [0.05, 0.1) is 40.3 Å². The summed E-state index contributed by atoms with van der Waals surface area (Å²) in [5, 5.41) is 20.2. The third-order valence-corrected chi connectivity index (χ3v) is 8.57. The predicted octanol–water partition coefficient (Wildman–Crippen LogP) is 9.10. The molecule has 204 valence electrons. The van der Waals surface area contributed by atoms with Crippen LogP contribution in [0.4, 0.5) is 0 Å². The van der Waals surface area contributed by atoms with Gasteiger partial charge in [-0.25, -0.2) is 9.97 Å². The van der Waals surface area contributed by atoms with E-state index in [1.807, 2.05) is 30.3 Å². The summed E-state index contributed by atoms with van der Waals surface area (Å²) in [4.78, 5) is 17.3. The van der Waals surface area contributed by atoms with Gasteiger partial charge in [0.2, 0.25) is 0 Å². The summed E-state index contributed by atoms with van der Waals surface area (Å²) in [5.74, 6) is 1.81. The summed E-state index contributed by atoms with van der Waals surface area (Å²) in [6, 6.07) is 36.9. The number of nitrogens with zero attached hydrogens (tertiary/aromatic N) is 2. The molecule has 3 N–H and O–H groups in total. The first kappa shape index (κ1) is 23.8. The molecular formula is C37H24N4O2. The first-order chi connectivity index (χ1) is 21.2. The number of hydrogen-bond acceptors (Lipinski definition) is 4. The highest BCUT2D eigenvalue weighted by molar-refractivity contribution is 6.24. The molecule has 43 heavy (non-hydrogen) atoms. The number of benzene rings is 7. The zero-order valence-corrected chi connectivity index (χ0v) is 23.1. The minimum atomic E-state index is 0.0697. The topological polar surface area (TPSA) is 86.8 Å². The Morgan fingerprint density at radius 1 is 0.512 bits per heavy atom. The van der Waals surface area contributed by atoms with E-state index in [0.717, 1.165) is 65.3 Å². The second-order valence-corrected chi connectivity index (χ2v) is 10.9. The van der Waals surface area contributed by atoms with Gasteiger partial charge < -0.3 is 19.8 Å². The van der Waals surface area contributed by atoms with Crippen LogP contribution in [0.3, 0.4) is 0 Å². The molecule has 0 aliphatic carbocycles. The van der Waals surface area contributed by atoms with E-state index >= 15 is 0 Å². The van der Waals surface area contributed by atoms with Gasteiger partial charge in [0, 0.05) is 27.6 Å². The Kier molecular flexibility index (Phi) is 4.87. The molecule has 2 aromatic heterocycles. The molecule has 9 rings (SSSR count). The lowest BCUT2D eigenvalue weighted by molar-refractivity contribution is 0.409. The van der Waals surface area contributed by atoms with Gasteiger partial charge in [0.25, 0.3) is 0 Å². The number of aromatic hydroxyl groups is 1. The van der Waals surface area contributed by atoms with Crippen molar-refractivity contribution < 1.29 is 9.84 Å². The third-order valence-electron chi connectivity index (χ3n) is 8.57. The molecular weight excluding hydrogens is 532 g/mol. The van der Waals surface area contributed by atoms with Crippen LogP contribution in [0, 0.1) is 0 Å². The van der Waals surface area contributed by atoms with Crippen molar-refractivity contribution in [3.8, 4) is 34.3 Å². The predicted molar refractivity (Wildman–Crippen MR) is 175 cm³/mol. The smallest absolute Gasteiger partial charge is 0.142 e. The molecule has 6 nitrogen and oxygen atoms in total. The molecule has 0 aliphatic rings. The number of fused-ring (bicyclic) bond motifs is 12. The van der Waals surface area contributed by atoms with Crippen molar-refractivity contribution in [2.45, 2.75) is 0 Å². The van der Waals surface area contributed by atoms with Crippen LogP contribution in [-0.4, -0.2) is 32.2 Å². The summed E-state index contributed by atoms with van der Waals surface area (Å²) in [6.07, 6.45) is 0. The zero-order valence-electron chi connectivity index (χ0n) is 23.1. The van der Waals surface area contributed by atoms with Crippen LogP contribution >= 0.6 is 0 Å². The maximum Gasteiger partial charge on any atom is 0.142 e. The van der Waals surface area contributed by atoms with Crippen molar-refractivity contribution >= 4 is 65.2 Å². The molecule has 0 fully saturated rings. The van der Waals surface area contributed by atoms with Crippen LogP contribution in [0.1, 0.15) is 0 Å². The molecule has 0 amide bonds. The molecule has 6 heteroatoms. The molecule has 0 atom stereocenters. The van der Waals surface area contributed by atoms with Gasteiger partial charge in [-0.1, -0.05) is 97.1 Å². The molecule has 0 unspecified atom stereocenters. The Hall–Kier alpha value is -5.88. The summed E-state index contributed by atoms with van der Waals surface area (Å²) < 4.78 is 5.77. The number of ether oxygens (including phenoxy) is 1. The Morgan fingerprint density at radius 2 is 0.907 bits per heavy atom. The molecule has 7 aromatic carbocycles. The molecule has 0 bridgehead atoms. The van der Waals surface area contributed by atoms with Gasteiger partial charge in [-0.05, 0) is 27.6 Å². The lowest BCUT2D eigenvalue weighted by Gasteiger charge is -2.10. The fourth-order valence-corrected chi connectivity index (χ4v) is 6.61. The number of aromatic nitrogens is 4. The van der Waals surface area contributed by atoms with Crippen LogP contribution in [0.25, 0.3) is 87.9 Å². The highest BCUT2D eigenvalue weighted by atomic mass is 16.5. The Bertz CT molecular complexity index is 2430. The molecule has 9 aromatic rings. The van der Waals surface area contributed by atoms with E-state index in [9.17, 15) is 5.11 Å². The number of phenolic OH excluding ortho intramolecular Hbond substituents is 1. The Morgan fingerprint density at radius 3 is 1.37 bits per heavy atom. The normalized spacial score (nSPS) is 11.9. The van der Waals surface area contributed by atoms with Gasteiger partial charge in [-0.2, -0.15) is 0 Å². The number of rotatable bonds is 3. The average Bonchev–Trinajstić information content (AvgIpc) is 3.71. The fraction of sp³-hybridized carbons (Fsp3) is 0.0270. The highest BCUT2D eigenvalue weighted by Gasteiger charge is 2.21. The van der Waals surface area contributed by atoms with Crippen LogP contribution in [0.15, 0.2) is 109 Å². The van der Waals surface area contributed by atoms with Gasteiger partial charge in [-0.15, -0.1) is 0 Å². The van der Waals surface area contributed by atoms with Crippen molar-refractivity contribution in [3.63, 3.8) is 0 Å². The van der Waals surface area contributed by atoms with Gasteiger partial charge in [0.15, 0.2) is 0 Å². The standard InChI is InChI=1S/C37H24N4O2/c1-43-31-19-30(42)28(36-38-32-24-14-6-2-10-20(24)21-11-3-7-15-25(21)33(32)39-36)18-29(31)37-40-34-26-16-8-4-12-22(26)23-13-5-9-17-27(23)35(34)41-37/h2-19,42H,1H3,(H,38,39)(H,40,41). The zero-order chi connectivity index (χ0) is 28.7. The van der Waals surface area contributed by atoms with E-state index in [1.165, 1.54) is 5.39 Å². The highest BCUT2D eigenvalue weighted by Crippen LogP contribution is 2.43. The van der Waals surface area contributed by atoms with E-state index < -0.39 is 0 Å². The lowest BCUT2D eigenvalue weighted by Crippen LogP contribution is -1.92. The van der Waals surface area contributed by atoms with Crippen molar-refractivity contribution in [3.05, 3.63) is 109 Å². The molecule has 0 spiro atoms. The first-order valence-corrected chi connectivity index (χ1v) is 14.2. The van der Waals surface area contributed by atoms with E-state index in [1.54, 1.807) is 13.2 Å². The summed E-state index contributed by atoms with van der Waals surface area (Å²) in [6.45, 7) is 0. The minimum absolute atomic E-state index is 0.0697. The maximum absolute atomic E-state index is 11.3. The largest absolute Gasteiger partial charge is 0.507 e. The molecule has 0 radical (unpaired) electrons. The van der Waals surface area contributed by atoms with Crippen LogP contribution in [-0.2, 0) is 0 Å². The quantitative estimate of drug-likeness (QED) is 0.189. The fourth-order valence-electron chi connectivity index (χ4n) is 6.61. The first-order valence-electron chi connectivity index (χ1n) is 14.2. The maximum atomic E-state index is 11.3. The van der Waals surface area contributed by atoms with Crippen molar-refractivity contribution in [2.24, 2.45) is 0 Å². The van der Waals surface area contributed by atoms with Crippen LogP contribution < -0.4 is 4.74 Å². The van der Waals surface area contributed by atoms with Crippen molar-refractivity contribution in [2.75, 3.05) is 7.11 Å². The molecule has 0 saturated carbocycles. The Balaban J connectivity index is 1.31. The second kappa shape index (κ2) is 8.81. The molecule has 2 heterocycles. The van der Waals surface area contributed by atoms with Crippen molar-refractivity contribution in [1.29, 1.82) is 0 Å². The molecule has 0 aliphatic heterocycles. The number of H-pyrrole nitrogens is 2. The van der Waals surface area contributed by atoms with E-state index in [0.29, 0.717) is 23.0 Å². The SMILES string of the molecule is COc1cc(O)c(-c2nc3c4ccccc4c4ccccc4c3[nH]2)cc1-c1nc2c3ccccc3c3ccccc3c2[nH]1. The average molecular weight is 557 g/mol. The summed E-state index contributed by atoms with van der Waals surface area (Å²) >= 11 is 0. The lowest BCUT2D eigenvalue weighted by atomic mass is 10.0. The number of aromatic amines is 2. The molecule has 0 saturated heterocycles. The number of nitrogens with one attached hydrogen (secondary N) is 2. The Labute approximate surface area is 245 Å². The number of hydrogen-bond donors (Lipinski definition) is 3. The van der Waals surface area contributed by atoms with Crippen molar-refractivity contribution in [1.82, 2.24) is 19.9 Å². The van der Waals surface area contributed by atoms with E-state index in [4.69, 9.17) is 14.7 Å². The summed E-state index contributed by atoms with van der Waals surface area (Å²) in [5.41, 5.74) is 4.95. The van der Waals surface area contributed by atoms with Gasteiger partial charge >= 0.3 is 0 Å². The van der Waals surface area contributed by atoms with Crippen LogP contribution in [0.2, 0.25) is 0 Å². The van der Waals surface area contributed by atoms with Gasteiger partial charge in [0.1, 0.15) is 23.1 Å². The number of phenols is 1. The van der Waals surface area contributed by atoms with Crippen LogP contribution in [0.5, 0.6) is 11.5 Å². The monoisotopic (exact) mass is 556 g/mol. The summed E-state index contributed by atoms with van der Waals surface area (Å²) in [7, 11) is 1.60. The second-order valence-electron chi connectivity index (χ2n) is 10.9. The van der Waals surface area contributed by atoms with E-state index in [-0.39, 0.29) is 5.75 Å². The third kappa shape index (κ3) is 3.35. The minimum Gasteiger partial charge on any atom is -0.507 e. The number of methoxy groups -OCH3 is 1. The number of imidazole rings is 2.